The average Bonchev–Trinajstić information content (AvgIpc) is 3.46. The number of nitrogens with one attached hydrogen (secondary N) is 1. The number of fused-ring (bicyclic) bond motifs is 1. The highest BCUT2D eigenvalue weighted by molar-refractivity contribution is 7.88. The molecular formula is C29H37N9O4S. The van der Waals surface area contributed by atoms with Gasteiger partial charge < -0.3 is 10.4 Å². The third-order valence-electron chi connectivity index (χ3n) is 8.47. The van der Waals surface area contributed by atoms with Crippen LogP contribution in [0.4, 0.5) is 5.95 Å². The molecule has 2 aliphatic rings. The van der Waals surface area contributed by atoms with E-state index >= 15 is 0 Å². The van der Waals surface area contributed by atoms with E-state index in [1.54, 1.807) is 27.6 Å². The van der Waals surface area contributed by atoms with Crippen LogP contribution in [0.5, 0.6) is 0 Å². The van der Waals surface area contributed by atoms with E-state index in [-0.39, 0.29) is 30.3 Å². The fourth-order valence-corrected chi connectivity index (χ4v) is 6.97. The zero-order valence-electron chi connectivity index (χ0n) is 24.2. The van der Waals surface area contributed by atoms with Gasteiger partial charge in [0.2, 0.25) is 16.0 Å². The van der Waals surface area contributed by atoms with E-state index in [0.717, 1.165) is 42.6 Å². The van der Waals surface area contributed by atoms with Crippen LogP contribution in [0.25, 0.3) is 11.0 Å². The van der Waals surface area contributed by atoms with E-state index in [9.17, 15) is 18.3 Å². The molecule has 0 bridgehead atoms. The Hall–Kier alpha value is -3.72. The molecule has 0 radical (unpaired) electrons. The van der Waals surface area contributed by atoms with E-state index in [1.807, 2.05) is 36.5 Å². The molecule has 0 spiro atoms. The lowest BCUT2D eigenvalue weighted by atomic mass is 10.0. The Bertz CT molecular complexity index is 1710. The third kappa shape index (κ3) is 6.61. The molecule has 0 saturated carbocycles. The Labute approximate surface area is 250 Å². The summed E-state index contributed by atoms with van der Waals surface area (Å²) in [4.78, 5) is 24.7. The zero-order valence-corrected chi connectivity index (χ0v) is 25.0. The van der Waals surface area contributed by atoms with Crippen LogP contribution in [0.15, 0.2) is 59.7 Å². The molecule has 3 aromatic heterocycles. The van der Waals surface area contributed by atoms with Gasteiger partial charge in [0.25, 0.3) is 5.56 Å². The monoisotopic (exact) mass is 607 g/mol. The number of benzene rings is 1. The van der Waals surface area contributed by atoms with Gasteiger partial charge >= 0.3 is 0 Å². The second kappa shape index (κ2) is 12.5. The van der Waals surface area contributed by atoms with Gasteiger partial charge in [0, 0.05) is 62.5 Å². The standard InChI is InChI=1S/C29H37N9O4S/c1-43(41,42)36-15-9-23(10-16-36)31-29-30-17-22-7-8-27(40)38(28(22)32-29)25-11-13-35(14-12-25)18-24-19-37(34-33-24)26(20-39)21-5-3-2-4-6-21/h2-8,17,19,23,25-26,39H,9-16,18,20H2,1H3,(H,30,31,32)/t26-/m1/s1. The van der Waals surface area contributed by atoms with Gasteiger partial charge in [0.15, 0.2) is 0 Å². The van der Waals surface area contributed by atoms with E-state index in [2.05, 4.69) is 25.5 Å². The minimum Gasteiger partial charge on any atom is -0.394 e. The maximum absolute atomic E-state index is 13.1. The van der Waals surface area contributed by atoms with Crippen molar-refractivity contribution in [3.63, 3.8) is 0 Å². The van der Waals surface area contributed by atoms with Crippen molar-refractivity contribution in [3.05, 3.63) is 76.5 Å². The number of anilines is 1. The van der Waals surface area contributed by atoms with Crippen LogP contribution in [0.3, 0.4) is 0 Å². The van der Waals surface area contributed by atoms with Crippen LogP contribution in [0.2, 0.25) is 0 Å². The third-order valence-corrected chi connectivity index (χ3v) is 9.77. The first-order valence-electron chi connectivity index (χ1n) is 14.7. The highest BCUT2D eigenvalue weighted by Gasteiger charge is 2.27. The summed E-state index contributed by atoms with van der Waals surface area (Å²) in [5, 5.41) is 22.8. The number of aromatic nitrogens is 6. The van der Waals surface area contributed by atoms with Gasteiger partial charge in [-0.25, -0.2) is 22.4 Å². The van der Waals surface area contributed by atoms with Crippen LogP contribution in [-0.2, 0) is 16.6 Å². The van der Waals surface area contributed by atoms with Crippen molar-refractivity contribution >= 4 is 27.0 Å². The van der Waals surface area contributed by atoms with Crippen molar-refractivity contribution < 1.29 is 13.5 Å². The van der Waals surface area contributed by atoms with Crippen molar-refractivity contribution in [2.75, 3.05) is 44.4 Å². The number of likely N-dealkylation sites (tertiary alicyclic amines) is 1. The topological polar surface area (TPSA) is 151 Å². The molecule has 2 saturated heterocycles. The summed E-state index contributed by atoms with van der Waals surface area (Å²) in [5.41, 5.74) is 2.33. The Morgan fingerprint density at radius 2 is 1.77 bits per heavy atom. The molecule has 0 aliphatic carbocycles. The van der Waals surface area contributed by atoms with Gasteiger partial charge in [-0.05, 0) is 37.3 Å². The molecule has 0 unspecified atom stereocenters. The molecule has 228 valence electrons. The summed E-state index contributed by atoms with van der Waals surface area (Å²) >= 11 is 0. The van der Waals surface area contributed by atoms with E-state index in [4.69, 9.17) is 4.98 Å². The molecule has 1 atom stereocenters. The van der Waals surface area contributed by atoms with Gasteiger partial charge in [0.05, 0.1) is 24.8 Å². The summed E-state index contributed by atoms with van der Waals surface area (Å²) in [5.74, 6) is 0.446. The number of pyridine rings is 1. The number of hydrogen-bond acceptors (Lipinski definition) is 10. The minimum atomic E-state index is -3.19. The van der Waals surface area contributed by atoms with Crippen LogP contribution < -0.4 is 10.9 Å². The Morgan fingerprint density at radius 3 is 2.47 bits per heavy atom. The molecule has 43 heavy (non-hydrogen) atoms. The smallest absolute Gasteiger partial charge is 0.252 e. The van der Waals surface area contributed by atoms with Gasteiger partial charge in [-0.2, -0.15) is 4.98 Å². The molecule has 2 fully saturated rings. The fourth-order valence-electron chi connectivity index (χ4n) is 6.10. The highest BCUT2D eigenvalue weighted by Crippen LogP contribution is 2.26. The number of aliphatic hydroxyl groups is 1. The van der Waals surface area contributed by atoms with Crippen molar-refractivity contribution in [2.24, 2.45) is 0 Å². The lowest BCUT2D eigenvalue weighted by Crippen LogP contribution is -2.42. The first-order valence-corrected chi connectivity index (χ1v) is 16.5. The highest BCUT2D eigenvalue weighted by atomic mass is 32.2. The normalized spacial score (nSPS) is 18.7. The molecule has 2 N–H and O–H groups in total. The number of piperidine rings is 2. The molecule has 5 heterocycles. The van der Waals surface area contributed by atoms with Crippen molar-refractivity contribution in [1.82, 2.24) is 38.7 Å². The average molecular weight is 608 g/mol. The summed E-state index contributed by atoms with van der Waals surface area (Å²) in [6.45, 7) is 3.06. The van der Waals surface area contributed by atoms with Gasteiger partial charge in [-0.1, -0.05) is 35.5 Å². The number of hydrogen-bond donors (Lipinski definition) is 2. The lowest BCUT2D eigenvalue weighted by molar-refractivity contribution is 0.178. The molecule has 6 rings (SSSR count). The van der Waals surface area contributed by atoms with Crippen LogP contribution in [0, 0.1) is 0 Å². The molecule has 1 aromatic carbocycles. The summed E-state index contributed by atoms with van der Waals surface area (Å²) in [6.07, 6.45) is 7.76. The number of nitrogens with zero attached hydrogens (tertiary/aromatic N) is 8. The van der Waals surface area contributed by atoms with E-state index < -0.39 is 10.0 Å². The molecule has 13 nitrogen and oxygen atoms in total. The van der Waals surface area contributed by atoms with Gasteiger partial charge in [-0.3, -0.25) is 14.3 Å². The Balaban J connectivity index is 1.11. The maximum Gasteiger partial charge on any atom is 0.252 e. The fraction of sp³-hybridized carbons (Fsp3) is 0.483. The lowest BCUT2D eigenvalue weighted by Gasteiger charge is -2.33. The predicted octanol–water partition coefficient (Wildman–Crippen LogP) is 1.64. The number of sulfonamides is 1. The quantitative estimate of drug-likeness (QED) is 0.287. The van der Waals surface area contributed by atoms with Gasteiger partial charge in [-0.15, -0.1) is 5.10 Å². The van der Waals surface area contributed by atoms with Crippen molar-refractivity contribution in [2.45, 2.75) is 50.4 Å². The Morgan fingerprint density at radius 1 is 1.02 bits per heavy atom. The number of aliphatic hydroxyl groups excluding tert-OH is 1. The zero-order chi connectivity index (χ0) is 30.0. The molecule has 4 aromatic rings. The summed E-state index contributed by atoms with van der Waals surface area (Å²) in [6, 6.07) is 12.9. The van der Waals surface area contributed by atoms with Crippen LogP contribution >= 0.6 is 0 Å². The second-order valence-corrected chi connectivity index (χ2v) is 13.4. The first-order chi connectivity index (χ1) is 20.8. The Kier molecular flexibility index (Phi) is 8.52. The van der Waals surface area contributed by atoms with Gasteiger partial charge in [0.1, 0.15) is 11.7 Å². The molecule has 2 aliphatic heterocycles. The predicted molar refractivity (Wildman–Crippen MR) is 162 cm³/mol. The van der Waals surface area contributed by atoms with E-state index in [0.29, 0.717) is 44.1 Å². The minimum absolute atomic E-state index is 0.000678. The van der Waals surface area contributed by atoms with Crippen molar-refractivity contribution in [1.29, 1.82) is 0 Å². The SMILES string of the molecule is CS(=O)(=O)N1CCC(Nc2ncc3ccc(=O)n(C4CCN(Cc5cn([C@H](CO)c6ccccc6)nn5)CC4)c3n2)CC1. The molecule has 0 amide bonds. The summed E-state index contributed by atoms with van der Waals surface area (Å²) in [7, 11) is -3.19. The first kappa shape index (κ1) is 29.4. The second-order valence-electron chi connectivity index (χ2n) is 11.4. The maximum atomic E-state index is 13.1. The largest absolute Gasteiger partial charge is 0.394 e. The van der Waals surface area contributed by atoms with Crippen molar-refractivity contribution in [3.8, 4) is 0 Å². The summed E-state index contributed by atoms with van der Waals surface area (Å²) < 4.78 is 28.7. The molecule has 14 heteroatoms. The van der Waals surface area contributed by atoms with Crippen LogP contribution in [0.1, 0.15) is 49.0 Å². The number of rotatable bonds is 9. The van der Waals surface area contributed by atoms with Crippen LogP contribution in [-0.4, -0.2) is 97.3 Å². The molecular weight excluding hydrogens is 570 g/mol. The van der Waals surface area contributed by atoms with E-state index in [1.165, 1.54) is 10.6 Å².